The first kappa shape index (κ1) is 12.6. The molecule has 0 spiro atoms. The summed E-state index contributed by atoms with van der Waals surface area (Å²) in [5, 5.41) is 4.06. The van der Waals surface area contributed by atoms with E-state index in [-0.39, 0.29) is 0 Å². The van der Waals surface area contributed by atoms with Gasteiger partial charge in [-0.05, 0) is 44.1 Å². The summed E-state index contributed by atoms with van der Waals surface area (Å²) in [6, 6.07) is 0. The van der Waals surface area contributed by atoms with Crippen LogP contribution in [0.1, 0.15) is 57.2 Å². The second-order valence-corrected chi connectivity index (χ2v) is 5.60. The molecule has 0 aromatic carbocycles. The maximum Gasteiger partial charge on any atom is 0.229 e. The van der Waals surface area contributed by atoms with Crippen molar-refractivity contribution in [1.82, 2.24) is 10.1 Å². The van der Waals surface area contributed by atoms with Gasteiger partial charge in [-0.15, -0.1) is 0 Å². The molecule has 0 bridgehead atoms. The Hall–Kier alpha value is -0.900. The predicted molar refractivity (Wildman–Crippen MR) is 66.6 cm³/mol. The van der Waals surface area contributed by atoms with Gasteiger partial charge in [0.15, 0.2) is 5.82 Å². The molecule has 4 nitrogen and oxygen atoms in total. The Labute approximate surface area is 103 Å². The minimum absolute atomic E-state index is 0.464. The Kier molecular flexibility index (Phi) is 4.15. The number of hydrogen-bond donors (Lipinski definition) is 1. The highest BCUT2D eigenvalue weighted by atomic mass is 16.5. The Balaban J connectivity index is 1.92. The van der Waals surface area contributed by atoms with Crippen LogP contribution in [-0.4, -0.2) is 16.7 Å². The van der Waals surface area contributed by atoms with E-state index in [2.05, 4.69) is 24.0 Å². The van der Waals surface area contributed by atoms with Crippen molar-refractivity contribution < 1.29 is 4.52 Å². The molecule has 0 atom stereocenters. The summed E-state index contributed by atoms with van der Waals surface area (Å²) in [5.74, 6) is 3.44. The molecule has 1 fully saturated rings. The van der Waals surface area contributed by atoms with Crippen molar-refractivity contribution >= 4 is 0 Å². The molecule has 2 rings (SSSR count). The van der Waals surface area contributed by atoms with Crippen LogP contribution in [0, 0.1) is 11.8 Å². The first-order valence-corrected chi connectivity index (χ1v) is 6.71. The van der Waals surface area contributed by atoms with Crippen molar-refractivity contribution in [3.8, 4) is 0 Å². The van der Waals surface area contributed by atoms with Crippen LogP contribution in [0.4, 0.5) is 0 Å². The zero-order valence-corrected chi connectivity index (χ0v) is 10.9. The summed E-state index contributed by atoms with van der Waals surface area (Å²) in [4.78, 5) is 4.52. The summed E-state index contributed by atoms with van der Waals surface area (Å²) in [6.45, 7) is 5.15. The highest BCUT2D eigenvalue weighted by Gasteiger charge is 2.25. The molecule has 17 heavy (non-hydrogen) atoms. The van der Waals surface area contributed by atoms with Crippen molar-refractivity contribution in [1.29, 1.82) is 0 Å². The topological polar surface area (TPSA) is 64.9 Å². The predicted octanol–water partition coefficient (Wildman–Crippen LogP) is 2.50. The van der Waals surface area contributed by atoms with E-state index in [0.29, 0.717) is 17.8 Å². The molecule has 0 aliphatic heterocycles. The van der Waals surface area contributed by atoms with E-state index in [0.717, 1.165) is 37.5 Å². The highest BCUT2D eigenvalue weighted by Crippen LogP contribution is 2.34. The molecule has 1 aromatic rings. The SMILES string of the molecule is CC(C)Cc1noc(C2CCC(CN)CC2)n1. The van der Waals surface area contributed by atoms with Crippen LogP contribution in [0.3, 0.4) is 0 Å². The van der Waals surface area contributed by atoms with Gasteiger partial charge in [0, 0.05) is 12.3 Å². The lowest BCUT2D eigenvalue weighted by Gasteiger charge is -2.24. The van der Waals surface area contributed by atoms with E-state index >= 15 is 0 Å². The van der Waals surface area contributed by atoms with Crippen molar-refractivity contribution in [3.05, 3.63) is 11.7 Å². The Morgan fingerprint density at radius 3 is 2.59 bits per heavy atom. The third-order valence-corrected chi connectivity index (χ3v) is 3.60. The molecule has 0 unspecified atom stereocenters. The number of hydrogen-bond acceptors (Lipinski definition) is 4. The third-order valence-electron chi connectivity index (χ3n) is 3.60. The van der Waals surface area contributed by atoms with Gasteiger partial charge in [0.1, 0.15) is 0 Å². The van der Waals surface area contributed by atoms with Gasteiger partial charge >= 0.3 is 0 Å². The van der Waals surface area contributed by atoms with Crippen LogP contribution in [-0.2, 0) is 6.42 Å². The fraction of sp³-hybridized carbons (Fsp3) is 0.846. The summed E-state index contributed by atoms with van der Waals surface area (Å²) in [5.41, 5.74) is 5.69. The van der Waals surface area contributed by atoms with Crippen LogP contribution in [0.2, 0.25) is 0 Å². The average Bonchev–Trinajstić information content (AvgIpc) is 2.77. The van der Waals surface area contributed by atoms with Crippen molar-refractivity contribution in [3.63, 3.8) is 0 Å². The summed E-state index contributed by atoms with van der Waals surface area (Å²) < 4.78 is 5.38. The smallest absolute Gasteiger partial charge is 0.229 e. The van der Waals surface area contributed by atoms with Crippen molar-refractivity contribution in [2.75, 3.05) is 6.54 Å². The zero-order valence-electron chi connectivity index (χ0n) is 10.9. The third kappa shape index (κ3) is 3.28. The molecule has 96 valence electrons. The van der Waals surface area contributed by atoms with Crippen LogP contribution in [0.5, 0.6) is 0 Å². The van der Waals surface area contributed by atoms with Gasteiger partial charge in [0.05, 0.1) is 0 Å². The molecule has 0 saturated heterocycles. The van der Waals surface area contributed by atoms with Gasteiger partial charge in [-0.3, -0.25) is 0 Å². The fourth-order valence-electron chi connectivity index (χ4n) is 2.53. The second-order valence-electron chi connectivity index (χ2n) is 5.60. The standard InChI is InChI=1S/C13H23N3O/c1-9(2)7-12-15-13(17-16-12)11-5-3-10(8-14)4-6-11/h9-11H,3-8,14H2,1-2H3. The second kappa shape index (κ2) is 5.63. The molecule has 0 radical (unpaired) electrons. The van der Waals surface area contributed by atoms with E-state index < -0.39 is 0 Å². The monoisotopic (exact) mass is 237 g/mol. The minimum Gasteiger partial charge on any atom is -0.339 e. The summed E-state index contributed by atoms with van der Waals surface area (Å²) in [7, 11) is 0. The minimum atomic E-state index is 0.464. The number of rotatable bonds is 4. The molecule has 1 aliphatic rings. The van der Waals surface area contributed by atoms with E-state index in [4.69, 9.17) is 10.3 Å². The molecule has 1 saturated carbocycles. The molecule has 1 aliphatic carbocycles. The van der Waals surface area contributed by atoms with Crippen molar-refractivity contribution in [2.24, 2.45) is 17.6 Å². The highest BCUT2D eigenvalue weighted by molar-refractivity contribution is 4.96. The lowest BCUT2D eigenvalue weighted by atomic mass is 9.82. The molecule has 2 N–H and O–H groups in total. The molecule has 1 heterocycles. The Morgan fingerprint density at radius 1 is 1.29 bits per heavy atom. The van der Waals surface area contributed by atoms with Crippen LogP contribution < -0.4 is 5.73 Å². The van der Waals surface area contributed by atoms with Gasteiger partial charge in [-0.1, -0.05) is 19.0 Å². The van der Waals surface area contributed by atoms with Gasteiger partial charge in [0.2, 0.25) is 5.89 Å². The first-order valence-electron chi connectivity index (χ1n) is 6.71. The molecule has 0 amide bonds. The van der Waals surface area contributed by atoms with Gasteiger partial charge in [-0.2, -0.15) is 4.98 Å². The average molecular weight is 237 g/mol. The van der Waals surface area contributed by atoms with Crippen LogP contribution in [0.15, 0.2) is 4.52 Å². The maximum absolute atomic E-state index is 5.69. The summed E-state index contributed by atoms with van der Waals surface area (Å²) in [6.07, 6.45) is 5.59. The van der Waals surface area contributed by atoms with E-state index in [1.54, 1.807) is 0 Å². The van der Waals surface area contributed by atoms with Crippen LogP contribution in [0.25, 0.3) is 0 Å². The normalized spacial score (nSPS) is 25.4. The quantitative estimate of drug-likeness (QED) is 0.873. The van der Waals surface area contributed by atoms with Gasteiger partial charge in [0.25, 0.3) is 0 Å². The Morgan fingerprint density at radius 2 is 2.00 bits per heavy atom. The van der Waals surface area contributed by atoms with Crippen molar-refractivity contribution in [2.45, 2.75) is 51.9 Å². The number of aromatic nitrogens is 2. The molecular weight excluding hydrogens is 214 g/mol. The molecule has 4 heteroatoms. The zero-order chi connectivity index (χ0) is 12.3. The lowest BCUT2D eigenvalue weighted by molar-refractivity contribution is 0.274. The van der Waals surface area contributed by atoms with E-state index in [9.17, 15) is 0 Å². The summed E-state index contributed by atoms with van der Waals surface area (Å²) >= 11 is 0. The van der Waals surface area contributed by atoms with E-state index in [1.807, 2.05) is 0 Å². The first-order chi connectivity index (χ1) is 8.19. The molecule has 1 aromatic heterocycles. The van der Waals surface area contributed by atoms with Gasteiger partial charge in [-0.25, -0.2) is 0 Å². The lowest BCUT2D eigenvalue weighted by Crippen LogP contribution is -2.20. The number of nitrogens with zero attached hydrogens (tertiary/aromatic N) is 2. The largest absolute Gasteiger partial charge is 0.339 e. The maximum atomic E-state index is 5.69. The Bertz CT molecular complexity index is 340. The fourth-order valence-corrected chi connectivity index (χ4v) is 2.53. The van der Waals surface area contributed by atoms with Gasteiger partial charge < -0.3 is 10.3 Å². The van der Waals surface area contributed by atoms with Crippen LogP contribution >= 0.6 is 0 Å². The molecular formula is C13H23N3O. The number of nitrogens with two attached hydrogens (primary N) is 1. The van der Waals surface area contributed by atoms with E-state index in [1.165, 1.54) is 12.8 Å².